The van der Waals surface area contributed by atoms with Crippen molar-refractivity contribution in [2.24, 2.45) is 0 Å². The largest absolute Gasteiger partial charge is 0.383 e. The van der Waals surface area contributed by atoms with Gasteiger partial charge in [0.25, 0.3) is 5.56 Å². The molecule has 0 unspecified atom stereocenters. The van der Waals surface area contributed by atoms with Crippen LogP contribution < -0.4 is 5.56 Å². The molecule has 0 radical (unpaired) electrons. The first-order chi connectivity index (χ1) is 10.6. The Morgan fingerprint density at radius 3 is 2.41 bits per heavy atom. The van der Waals surface area contributed by atoms with Crippen LogP contribution in [0.15, 0.2) is 41.3 Å². The maximum atomic E-state index is 12.5. The van der Waals surface area contributed by atoms with E-state index >= 15 is 0 Å². The number of benzene rings is 1. The molecule has 22 heavy (non-hydrogen) atoms. The lowest BCUT2D eigenvalue weighted by molar-refractivity contribution is 0.567. The third kappa shape index (κ3) is 2.87. The lowest BCUT2D eigenvalue weighted by Gasteiger charge is -2.09. The first-order valence-corrected chi connectivity index (χ1v) is 6.46. The smallest absolute Gasteiger partial charge is 0.290 e. The summed E-state index contributed by atoms with van der Waals surface area (Å²) in [6, 6.07) is 12.5. The summed E-state index contributed by atoms with van der Waals surface area (Å²) in [6.45, 7) is 0. The van der Waals surface area contributed by atoms with Gasteiger partial charge in [-0.1, -0.05) is 18.2 Å². The molecule has 0 aliphatic rings. The zero-order valence-corrected chi connectivity index (χ0v) is 12.2. The molecule has 0 saturated carbocycles. The van der Waals surface area contributed by atoms with Crippen molar-refractivity contribution in [3.8, 4) is 17.8 Å². The lowest BCUT2D eigenvalue weighted by Crippen LogP contribution is -2.26. The number of hydrogen-bond donors (Lipinski definition) is 0. The van der Waals surface area contributed by atoms with Gasteiger partial charge in [0.2, 0.25) is 0 Å². The van der Waals surface area contributed by atoms with Gasteiger partial charge in [0, 0.05) is 19.7 Å². The molecular formula is C16H13N5O. The van der Waals surface area contributed by atoms with Crippen molar-refractivity contribution >= 4 is 6.08 Å². The highest BCUT2D eigenvalue weighted by Gasteiger charge is 2.16. The van der Waals surface area contributed by atoms with E-state index in [0.717, 1.165) is 4.68 Å². The van der Waals surface area contributed by atoms with Gasteiger partial charge in [-0.25, -0.2) is 0 Å². The van der Waals surface area contributed by atoms with E-state index < -0.39 is 5.56 Å². The Hall–Kier alpha value is -3.38. The number of nitriles is 2. The van der Waals surface area contributed by atoms with Crippen molar-refractivity contribution in [2.45, 2.75) is 0 Å². The van der Waals surface area contributed by atoms with Gasteiger partial charge in [-0.2, -0.15) is 20.3 Å². The van der Waals surface area contributed by atoms with Crippen LogP contribution in [0.2, 0.25) is 0 Å². The molecule has 108 valence electrons. The van der Waals surface area contributed by atoms with Crippen molar-refractivity contribution in [3.63, 3.8) is 0 Å². The molecular weight excluding hydrogens is 278 g/mol. The monoisotopic (exact) mass is 291 g/mol. The molecule has 6 heteroatoms. The first kappa shape index (κ1) is 15.0. The van der Waals surface area contributed by atoms with Crippen LogP contribution in [-0.2, 0) is 0 Å². The second-order valence-electron chi connectivity index (χ2n) is 4.69. The highest BCUT2D eigenvalue weighted by molar-refractivity contribution is 5.62. The molecule has 1 heterocycles. The third-order valence-electron chi connectivity index (χ3n) is 2.89. The number of rotatable bonds is 3. The lowest BCUT2D eigenvalue weighted by atomic mass is 10.1. The summed E-state index contributed by atoms with van der Waals surface area (Å²) in [6.07, 6.45) is 3.20. The van der Waals surface area contributed by atoms with Gasteiger partial charge in [0.05, 0.1) is 5.69 Å². The van der Waals surface area contributed by atoms with E-state index in [1.165, 1.54) is 0 Å². The third-order valence-corrected chi connectivity index (χ3v) is 2.89. The summed E-state index contributed by atoms with van der Waals surface area (Å²) < 4.78 is 1.07. The molecule has 0 fully saturated rings. The van der Waals surface area contributed by atoms with Gasteiger partial charge < -0.3 is 4.90 Å². The van der Waals surface area contributed by atoms with Gasteiger partial charge in [-0.05, 0) is 24.4 Å². The van der Waals surface area contributed by atoms with E-state index in [-0.39, 0.29) is 16.8 Å². The van der Waals surface area contributed by atoms with E-state index in [9.17, 15) is 15.3 Å². The molecule has 0 N–H and O–H groups in total. The van der Waals surface area contributed by atoms with Crippen LogP contribution in [-0.4, -0.2) is 28.8 Å². The fourth-order valence-electron chi connectivity index (χ4n) is 1.86. The van der Waals surface area contributed by atoms with E-state index in [4.69, 9.17) is 0 Å². The number of nitrogens with zero attached hydrogens (tertiary/aromatic N) is 5. The summed E-state index contributed by atoms with van der Waals surface area (Å²) >= 11 is 0. The molecule has 0 aliphatic carbocycles. The van der Waals surface area contributed by atoms with Crippen molar-refractivity contribution in [1.82, 2.24) is 14.7 Å². The molecule has 1 aromatic carbocycles. The van der Waals surface area contributed by atoms with Crippen molar-refractivity contribution < 1.29 is 0 Å². The Kier molecular flexibility index (Phi) is 4.36. The predicted molar refractivity (Wildman–Crippen MR) is 82.0 cm³/mol. The number of aromatic nitrogens is 2. The maximum absolute atomic E-state index is 12.5. The Labute approximate surface area is 127 Å². The van der Waals surface area contributed by atoms with Gasteiger partial charge in [-0.15, -0.1) is 0 Å². The molecule has 0 aliphatic heterocycles. The molecule has 0 saturated heterocycles. The Balaban J connectivity index is 2.76. The minimum absolute atomic E-state index is 0.0260. The molecule has 0 amide bonds. The van der Waals surface area contributed by atoms with Crippen LogP contribution in [0.5, 0.6) is 0 Å². The summed E-state index contributed by atoms with van der Waals surface area (Å²) in [7, 11) is 3.60. The Bertz CT molecular complexity index is 851. The van der Waals surface area contributed by atoms with Gasteiger partial charge >= 0.3 is 0 Å². The molecule has 2 rings (SSSR count). The van der Waals surface area contributed by atoms with Crippen molar-refractivity contribution in [3.05, 3.63) is 63.7 Å². The molecule has 0 bridgehead atoms. The Morgan fingerprint density at radius 1 is 1.18 bits per heavy atom. The minimum atomic E-state index is -0.550. The average Bonchev–Trinajstić information content (AvgIpc) is 2.53. The summed E-state index contributed by atoms with van der Waals surface area (Å²) in [5, 5.41) is 22.7. The molecule has 0 atom stereocenters. The molecule has 1 aromatic heterocycles. The van der Waals surface area contributed by atoms with Gasteiger partial charge in [0.1, 0.15) is 17.7 Å². The number of hydrogen-bond acceptors (Lipinski definition) is 5. The second kappa shape index (κ2) is 6.38. The summed E-state index contributed by atoms with van der Waals surface area (Å²) in [5.74, 6) is 0. The zero-order chi connectivity index (χ0) is 16.1. The summed E-state index contributed by atoms with van der Waals surface area (Å²) in [4.78, 5) is 14.2. The van der Waals surface area contributed by atoms with E-state index in [1.807, 2.05) is 12.1 Å². The van der Waals surface area contributed by atoms with Crippen LogP contribution >= 0.6 is 0 Å². The summed E-state index contributed by atoms with van der Waals surface area (Å²) in [5.41, 5.74) is 0.109. The SMILES string of the molecule is CN(C)/C=C/c1c(C#N)nn(-c2ccccc2)c(=O)c1C#N. The molecule has 0 spiro atoms. The van der Waals surface area contributed by atoms with E-state index in [1.54, 1.807) is 61.6 Å². The van der Waals surface area contributed by atoms with Crippen LogP contribution in [0.25, 0.3) is 11.8 Å². The van der Waals surface area contributed by atoms with Crippen molar-refractivity contribution in [1.29, 1.82) is 10.5 Å². The molecule has 6 nitrogen and oxygen atoms in total. The standard InChI is InChI=1S/C16H13N5O/c1-20(2)9-8-13-14(10-17)16(22)21(19-15(13)11-18)12-6-4-3-5-7-12/h3-9H,1-2H3/b9-8+. The highest BCUT2D eigenvalue weighted by atomic mass is 16.1. The topological polar surface area (TPSA) is 85.7 Å². The maximum Gasteiger partial charge on any atom is 0.290 e. The van der Waals surface area contributed by atoms with Crippen molar-refractivity contribution in [2.75, 3.05) is 14.1 Å². The fourth-order valence-corrected chi connectivity index (χ4v) is 1.86. The molecule has 2 aromatic rings. The van der Waals surface area contributed by atoms with Crippen LogP contribution in [0.3, 0.4) is 0 Å². The van der Waals surface area contributed by atoms with Crippen LogP contribution in [0.4, 0.5) is 0 Å². The zero-order valence-electron chi connectivity index (χ0n) is 12.2. The minimum Gasteiger partial charge on any atom is -0.383 e. The predicted octanol–water partition coefficient (Wildman–Crippen LogP) is 1.51. The number of para-hydroxylation sites is 1. The van der Waals surface area contributed by atoms with Crippen LogP contribution in [0, 0.1) is 22.7 Å². The Morgan fingerprint density at radius 2 is 1.86 bits per heavy atom. The highest BCUT2D eigenvalue weighted by Crippen LogP contribution is 2.12. The van der Waals surface area contributed by atoms with E-state index in [0.29, 0.717) is 5.69 Å². The van der Waals surface area contributed by atoms with Gasteiger partial charge in [0.15, 0.2) is 5.69 Å². The van der Waals surface area contributed by atoms with Crippen LogP contribution in [0.1, 0.15) is 16.8 Å². The van der Waals surface area contributed by atoms with Gasteiger partial charge in [-0.3, -0.25) is 4.79 Å². The normalized spacial score (nSPS) is 10.2. The average molecular weight is 291 g/mol. The van der Waals surface area contributed by atoms with E-state index in [2.05, 4.69) is 5.10 Å². The fraction of sp³-hybridized carbons (Fsp3) is 0.125. The quantitative estimate of drug-likeness (QED) is 0.855. The first-order valence-electron chi connectivity index (χ1n) is 6.46. The second-order valence-corrected chi connectivity index (χ2v) is 4.69.